The number of ether oxygens (including phenoxy) is 1. The molecule has 6 heteroatoms. The quantitative estimate of drug-likeness (QED) is 0.744. The molecule has 24 heavy (non-hydrogen) atoms. The normalized spacial score (nSPS) is 10.6. The number of halogens is 1. The van der Waals surface area contributed by atoms with Crippen molar-refractivity contribution in [2.45, 2.75) is 6.92 Å². The summed E-state index contributed by atoms with van der Waals surface area (Å²) >= 11 is 3.42. The van der Waals surface area contributed by atoms with Crippen LogP contribution in [0.25, 0.3) is 6.08 Å². The van der Waals surface area contributed by atoms with Crippen molar-refractivity contribution in [3.05, 3.63) is 64.1 Å². The molecule has 0 saturated heterocycles. The van der Waals surface area contributed by atoms with Gasteiger partial charge in [0.2, 0.25) is 5.91 Å². The van der Waals surface area contributed by atoms with Crippen molar-refractivity contribution >= 4 is 39.5 Å². The van der Waals surface area contributed by atoms with Crippen LogP contribution in [0.5, 0.6) is 5.75 Å². The van der Waals surface area contributed by atoms with Crippen molar-refractivity contribution in [1.82, 2.24) is 0 Å². The van der Waals surface area contributed by atoms with Gasteiger partial charge >= 0.3 is 0 Å². The van der Waals surface area contributed by atoms with E-state index in [1.807, 2.05) is 25.1 Å². The summed E-state index contributed by atoms with van der Waals surface area (Å²) in [7, 11) is 0. The third kappa shape index (κ3) is 5.55. The van der Waals surface area contributed by atoms with Gasteiger partial charge in [-0.2, -0.15) is 0 Å². The molecule has 2 rings (SSSR count). The molecular formula is C18H17BrN2O3. The summed E-state index contributed by atoms with van der Waals surface area (Å²) in [4.78, 5) is 22.6. The number of nitrogens with one attached hydrogen (secondary N) is 1. The minimum absolute atomic E-state index is 0.163. The molecule has 2 aromatic rings. The summed E-state index contributed by atoms with van der Waals surface area (Å²) in [6.07, 6.45) is 3.15. The number of hydrogen-bond donors (Lipinski definition) is 2. The standard InChI is InChI=1S/C18H17BrN2O3/c1-12-10-14(5-8-16(12)19)21-18(23)9-4-13-2-6-15(7-3-13)24-11-17(20)22/h2-10H,11H2,1H3,(H2,20,22)(H,21,23)/b9-4+. The highest BCUT2D eigenvalue weighted by molar-refractivity contribution is 9.10. The Hall–Kier alpha value is -2.60. The first-order valence-electron chi connectivity index (χ1n) is 7.20. The molecule has 0 aliphatic carbocycles. The van der Waals surface area contributed by atoms with Gasteiger partial charge in [0.25, 0.3) is 5.91 Å². The van der Waals surface area contributed by atoms with E-state index in [1.165, 1.54) is 6.08 Å². The smallest absolute Gasteiger partial charge is 0.255 e. The monoisotopic (exact) mass is 388 g/mol. The summed E-state index contributed by atoms with van der Waals surface area (Å²) in [5, 5.41) is 2.80. The maximum atomic E-state index is 11.9. The molecule has 0 aliphatic heterocycles. The Labute approximate surface area is 148 Å². The predicted molar refractivity (Wildman–Crippen MR) is 97.7 cm³/mol. The maximum Gasteiger partial charge on any atom is 0.255 e. The predicted octanol–water partition coefficient (Wildman–Crippen LogP) is 3.27. The number of rotatable bonds is 6. The van der Waals surface area contributed by atoms with Gasteiger partial charge in [0.05, 0.1) is 0 Å². The second kappa shape index (κ2) is 8.31. The van der Waals surface area contributed by atoms with Gasteiger partial charge < -0.3 is 15.8 Å². The number of aryl methyl sites for hydroxylation is 1. The van der Waals surface area contributed by atoms with Gasteiger partial charge in [-0.25, -0.2) is 0 Å². The molecule has 2 amide bonds. The largest absolute Gasteiger partial charge is 0.484 e. The highest BCUT2D eigenvalue weighted by Crippen LogP contribution is 2.20. The lowest BCUT2D eigenvalue weighted by atomic mass is 10.2. The summed E-state index contributed by atoms with van der Waals surface area (Å²) < 4.78 is 6.16. The zero-order valence-electron chi connectivity index (χ0n) is 13.1. The van der Waals surface area contributed by atoms with Gasteiger partial charge in [-0.3, -0.25) is 9.59 Å². The lowest BCUT2D eigenvalue weighted by Crippen LogP contribution is -2.19. The fourth-order valence-electron chi connectivity index (χ4n) is 1.91. The number of primary amides is 1. The van der Waals surface area contributed by atoms with E-state index in [4.69, 9.17) is 10.5 Å². The molecule has 0 spiro atoms. The van der Waals surface area contributed by atoms with Gasteiger partial charge in [0, 0.05) is 16.2 Å². The molecule has 0 atom stereocenters. The fourth-order valence-corrected chi connectivity index (χ4v) is 2.15. The second-order valence-corrected chi connectivity index (χ2v) is 5.96. The lowest BCUT2D eigenvalue weighted by Gasteiger charge is -2.05. The Morgan fingerprint density at radius 2 is 1.92 bits per heavy atom. The Bertz CT molecular complexity index is 770. The molecule has 2 aromatic carbocycles. The minimum atomic E-state index is -0.529. The first kappa shape index (κ1) is 17.7. The third-order valence-electron chi connectivity index (χ3n) is 3.11. The minimum Gasteiger partial charge on any atom is -0.484 e. The molecule has 3 N–H and O–H groups in total. The second-order valence-electron chi connectivity index (χ2n) is 5.11. The number of amides is 2. The van der Waals surface area contributed by atoms with Crippen LogP contribution in [0.15, 0.2) is 53.0 Å². The van der Waals surface area contributed by atoms with Crippen LogP contribution in [0.4, 0.5) is 5.69 Å². The summed E-state index contributed by atoms with van der Waals surface area (Å²) in [5.74, 6) is -0.203. The number of hydrogen-bond acceptors (Lipinski definition) is 3. The SMILES string of the molecule is Cc1cc(NC(=O)/C=C/c2ccc(OCC(N)=O)cc2)ccc1Br. The first-order chi connectivity index (χ1) is 11.4. The van der Waals surface area contributed by atoms with E-state index in [1.54, 1.807) is 30.3 Å². The van der Waals surface area contributed by atoms with E-state index in [-0.39, 0.29) is 12.5 Å². The molecule has 0 aromatic heterocycles. The molecule has 0 bridgehead atoms. The summed E-state index contributed by atoms with van der Waals surface area (Å²) in [5.41, 5.74) is 7.63. The number of anilines is 1. The summed E-state index contributed by atoms with van der Waals surface area (Å²) in [6, 6.07) is 12.6. The van der Waals surface area contributed by atoms with Crippen LogP contribution in [0.3, 0.4) is 0 Å². The summed E-state index contributed by atoms with van der Waals surface area (Å²) in [6.45, 7) is 1.79. The van der Waals surface area contributed by atoms with E-state index in [9.17, 15) is 9.59 Å². The van der Waals surface area contributed by atoms with Crippen molar-refractivity contribution in [3.8, 4) is 5.75 Å². The van der Waals surface area contributed by atoms with E-state index >= 15 is 0 Å². The highest BCUT2D eigenvalue weighted by atomic mass is 79.9. The van der Waals surface area contributed by atoms with Crippen molar-refractivity contribution < 1.29 is 14.3 Å². The average molecular weight is 389 g/mol. The van der Waals surface area contributed by atoms with E-state index in [2.05, 4.69) is 21.2 Å². The zero-order valence-corrected chi connectivity index (χ0v) is 14.7. The molecule has 0 radical (unpaired) electrons. The van der Waals surface area contributed by atoms with Crippen LogP contribution in [0.1, 0.15) is 11.1 Å². The van der Waals surface area contributed by atoms with E-state index in [0.717, 1.165) is 21.3 Å². The van der Waals surface area contributed by atoms with Gasteiger partial charge in [-0.1, -0.05) is 28.1 Å². The topological polar surface area (TPSA) is 81.4 Å². The Morgan fingerprint density at radius 3 is 2.54 bits per heavy atom. The molecule has 124 valence electrons. The molecule has 0 heterocycles. The number of carbonyl (C=O) groups is 2. The molecular weight excluding hydrogens is 372 g/mol. The van der Waals surface area contributed by atoms with Crippen LogP contribution < -0.4 is 15.8 Å². The lowest BCUT2D eigenvalue weighted by molar-refractivity contribution is -0.120. The van der Waals surface area contributed by atoms with Crippen molar-refractivity contribution in [1.29, 1.82) is 0 Å². The van der Waals surface area contributed by atoms with Crippen LogP contribution in [0, 0.1) is 6.92 Å². The Balaban J connectivity index is 1.93. The van der Waals surface area contributed by atoms with Gasteiger partial charge in [-0.15, -0.1) is 0 Å². The van der Waals surface area contributed by atoms with Gasteiger partial charge in [0.15, 0.2) is 6.61 Å². The van der Waals surface area contributed by atoms with E-state index in [0.29, 0.717) is 5.75 Å². The van der Waals surface area contributed by atoms with Crippen molar-refractivity contribution in [3.63, 3.8) is 0 Å². The van der Waals surface area contributed by atoms with Crippen molar-refractivity contribution in [2.75, 3.05) is 11.9 Å². The first-order valence-corrected chi connectivity index (χ1v) is 8.00. The zero-order chi connectivity index (χ0) is 17.5. The molecule has 0 fully saturated rings. The van der Waals surface area contributed by atoms with E-state index < -0.39 is 5.91 Å². The number of benzene rings is 2. The molecule has 5 nitrogen and oxygen atoms in total. The molecule has 0 aliphatic rings. The number of nitrogens with two attached hydrogens (primary N) is 1. The van der Waals surface area contributed by atoms with Gasteiger partial charge in [-0.05, 0) is 54.5 Å². The maximum absolute atomic E-state index is 11.9. The third-order valence-corrected chi connectivity index (χ3v) is 4.00. The Morgan fingerprint density at radius 1 is 1.21 bits per heavy atom. The van der Waals surface area contributed by atoms with Crippen LogP contribution in [0.2, 0.25) is 0 Å². The van der Waals surface area contributed by atoms with Gasteiger partial charge in [0.1, 0.15) is 5.75 Å². The van der Waals surface area contributed by atoms with Crippen molar-refractivity contribution in [2.24, 2.45) is 5.73 Å². The number of carbonyl (C=O) groups excluding carboxylic acids is 2. The van der Waals surface area contributed by atoms with Crippen LogP contribution >= 0.6 is 15.9 Å². The van der Waals surface area contributed by atoms with Crippen LogP contribution in [-0.2, 0) is 9.59 Å². The molecule has 0 unspecified atom stereocenters. The Kier molecular flexibility index (Phi) is 6.14. The molecule has 0 saturated carbocycles. The fraction of sp³-hybridized carbons (Fsp3) is 0.111. The average Bonchev–Trinajstić information content (AvgIpc) is 2.55. The highest BCUT2D eigenvalue weighted by Gasteiger charge is 2.01. The van der Waals surface area contributed by atoms with Crippen LogP contribution in [-0.4, -0.2) is 18.4 Å².